The molecule has 0 aliphatic heterocycles. The van der Waals surface area contributed by atoms with Crippen LogP contribution < -0.4 is 10.6 Å². The molecule has 29 heavy (non-hydrogen) atoms. The topological polar surface area (TPSA) is 149 Å². The van der Waals surface area contributed by atoms with Gasteiger partial charge in [0.05, 0.1) is 29.5 Å². The van der Waals surface area contributed by atoms with Crippen LogP contribution in [0.5, 0.6) is 0 Å². The Morgan fingerprint density at radius 1 is 1.07 bits per heavy atom. The molecule has 0 saturated carbocycles. The summed E-state index contributed by atoms with van der Waals surface area (Å²) in [6, 6.07) is 0.491. The van der Waals surface area contributed by atoms with Gasteiger partial charge < -0.3 is 15.7 Å². The molecule has 0 fully saturated rings. The third kappa shape index (κ3) is 3.85. The standard InChI is InChI=1S/C17H20N8O4/c1-9-12(7-18-23(9)3)20-16(27)14-13(8-19-24(14)4)21-15(26)10(2)25-6-5-11(22-25)17(28)29/h5-8,10H,1-4H3,(H,20,27)(H,21,26)(H,28,29). The third-order valence-electron chi connectivity index (χ3n) is 4.50. The Bertz CT molecular complexity index is 1090. The van der Waals surface area contributed by atoms with Crippen molar-refractivity contribution in [3.63, 3.8) is 0 Å². The molecule has 0 bridgehead atoms. The van der Waals surface area contributed by atoms with Crippen LogP contribution in [0, 0.1) is 6.92 Å². The molecule has 152 valence electrons. The molecule has 0 aliphatic carbocycles. The van der Waals surface area contributed by atoms with Gasteiger partial charge in [-0.25, -0.2) is 4.79 Å². The van der Waals surface area contributed by atoms with Gasteiger partial charge >= 0.3 is 5.97 Å². The maximum atomic E-state index is 12.7. The van der Waals surface area contributed by atoms with Gasteiger partial charge in [-0.15, -0.1) is 0 Å². The molecule has 0 saturated heterocycles. The van der Waals surface area contributed by atoms with Gasteiger partial charge in [-0.05, 0) is 19.9 Å². The quantitative estimate of drug-likeness (QED) is 0.554. The number of hydrogen-bond acceptors (Lipinski definition) is 6. The highest BCUT2D eigenvalue weighted by atomic mass is 16.4. The number of aromatic nitrogens is 6. The molecule has 0 spiro atoms. The van der Waals surface area contributed by atoms with Gasteiger partial charge in [-0.3, -0.25) is 23.6 Å². The van der Waals surface area contributed by atoms with Crippen LogP contribution in [0.25, 0.3) is 0 Å². The van der Waals surface area contributed by atoms with Crippen molar-refractivity contribution in [2.24, 2.45) is 14.1 Å². The van der Waals surface area contributed by atoms with Crippen LogP contribution >= 0.6 is 0 Å². The highest BCUT2D eigenvalue weighted by Gasteiger charge is 2.23. The molecule has 1 unspecified atom stereocenters. The van der Waals surface area contributed by atoms with Gasteiger partial charge in [-0.1, -0.05) is 0 Å². The molecule has 3 N–H and O–H groups in total. The van der Waals surface area contributed by atoms with E-state index >= 15 is 0 Å². The van der Waals surface area contributed by atoms with Crippen LogP contribution in [-0.2, 0) is 18.9 Å². The van der Waals surface area contributed by atoms with E-state index in [1.807, 2.05) is 6.92 Å². The normalized spacial score (nSPS) is 11.9. The molecule has 3 aromatic rings. The summed E-state index contributed by atoms with van der Waals surface area (Å²) in [7, 11) is 3.34. The highest BCUT2D eigenvalue weighted by molar-refractivity contribution is 6.09. The maximum Gasteiger partial charge on any atom is 0.356 e. The molecule has 12 nitrogen and oxygen atoms in total. The third-order valence-corrected chi connectivity index (χ3v) is 4.50. The van der Waals surface area contributed by atoms with E-state index in [9.17, 15) is 14.4 Å². The molecule has 3 rings (SSSR count). The zero-order chi connectivity index (χ0) is 21.3. The first-order valence-corrected chi connectivity index (χ1v) is 8.60. The van der Waals surface area contributed by atoms with Crippen molar-refractivity contribution in [1.29, 1.82) is 0 Å². The van der Waals surface area contributed by atoms with E-state index < -0.39 is 23.8 Å². The summed E-state index contributed by atoms with van der Waals surface area (Å²) in [5.41, 5.74) is 1.52. The maximum absolute atomic E-state index is 12.7. The van der Waals surface area contributed by atoms with Gasteiger partial charge in [-0.2, -0.15) is 15.3 Å². The fraction of sp³-hybridized carbons (Fsp3) is 0.294. The lowest BCUT2D eigenvalue weighted by molar-refractivity contribution is -0.119. The number of carbonyl (C=O) groups is 3. The molecule has 3 heterocycles. The Kier molecular flexibility index (Phi) is 5.17. The van der Waals surface area contributed by atoms with Crippen molar-refractivity contribution in [1.82, 2.24) is 29.3 Å². The molecule has 0 radical (unpaired) electrons. The number of carboxylic acid groups (broad SMARTS) is 1. The Morgan fingerprint density at radius 3 is 2.31 bits per heavy atom. The second kappa shape index (κ2) is 7.58. The summed E-state index contributed by atoms with van der Waals surface area (Å²) in [5.74, 6) is -2.13. The van der Waals surface area contributed by atoms with Crippen molar-refractivity contribution in [3.8, 4) is 0 Å². The number of amides is 2. The van der Waals surface area contributed by atoms with Crippen LogP contribution in [-0.4, -0.2) is 52.2 Å². The Morgan fingerprint density at radius 2 is 1.72 bits per heavy atom. The van der Waals surface area contributed by atoms with E-state index in [2.05, 4.69) is 25.9 Å². The highest BCUT2D eigenvalue weighted by Crippen LogP contribution is 2.20. The number of carboxylic acids is 1. The van der Waals surface area contributed by atoms with Crippen molar-refractivity contribution < 1.29 is 19.5 Å². The number of nitrogens with one attached hydrogen (secondary N) is 2. The number of carbonyl (C=O) groups excluding carboxylic acids is 2. The summed E-state index contributed by atoms with van der Waals surface area (Å²) in [6.45, 7) is 3.37. The molecular formula is C17H20N8O4. The van der Waals surface area contributed by atoms with E-state index in [1.54, 1.807) is 25.7 Å². The summed E-state index contributed by atoms with van der Waals surface area (Å²) >= 11 is 0. The second-order valence-corrected chi connectivity index (χ2v) is 6.40. The minimum Gasteiger partial charge on any atom is -0.476 e. The van der Waals surface area contributed by atoms with Crippen LogP contribution in [0.15, 0.2) is 24.7 Å². The van der Waals surface area contributed by atoms with E-state index in [0.717, 1.165) is 5.69 Å². The minimum absolute atomic E-state index is 0.153. The lowest BCUT2D eigenvalue weighted by Gasteiger charge is -2.13. The van der Waals surface area contributed by atoms with Gasteiger partial charge in [0.15, 0.2) is 5.69 Å². The molecule has 2 amide bonds. The van der Waals surface area contributed by atoms with Crippen LogP contribution in [0.4, 0.5) is 11.4 Å². The Balaban J connectivity index is 1.77. The number of anilines is 2. The molecule has 0 aliphatic rings. The lowest BCUT2D eigenvalue weighted by Crippen LogP contribution is -2.26. The smallest absolute Gasteiger partial charge is 0.356 e. The first kappa shape index (κ1) is 19.8. The van der Waals surface area contributed by atoms with E-state index in [-0.39, 0.29) is 17.1 Å². The van der Waals surface area contributed by atoms with Gasteiger partial charge in [0.25, 0.3) is 5.91 Å². The van der Waals surface area contributed by atoms with E-state index in [4.69, 9.17) is 5.11 Å². The summed E-state index contributed by atoms with van der Waals surface area (Å²) in [5, 5.41) is 26.3. The van der Waals surface area contributed by atoms with E-state index in [0.29, 0.717) is 5.69 Å². The monoisotopic (exact) mass is 400 g/mol. The van der Waals surface area contributed by atoms with Crippen molar-refractivity contribution >= 4 is 29.2 Å². The first-order chi connectivity index (χ1) is 13.7. The minimum atomic E-state index is -1.19. The fourth-order valence-electron chi connectivity index (χ4n) is 2.63. The summed E-state index contributed by atoms with van der Waals surface area (Å²) in [4.78, 5) is 36.3. The number of rotatable bonds is 6. The predicted octanol–water partition coefficient (Wildman–Crippen LogP) is 0.809. The van der Waals surface area contributed by atoms with Crippen molar-refractivity contribution in [2.45, 2.75) is 19.9 Å². The zero-order valence-corrected chi connectivity index (χ0v) is 16.2. The lowest BCUT2D eigenvalue weighted by atomic mass is 10.2. The zero-order valence-electron chi connectivity index (χ0n) is 16.2. The Labute approximate surface area is 165 Å². The summed E-state index contributed by atoms with van der Waals surface area (Å²) in [6.07, 6.45) is 4.29. The van der Waals surface area contributed by atoms with Gasteiger partial charge in [0.1, 0.15) is 11.7 Å². The second-order valence-electron chi connectivity index (χ2n) is 6.40. The van der Waals surface area contributed by atoms with Gasteiger partial charge in [0.2, 0.25) is 5.91 Å². The first-order valence-electron chi connectivity index (χ1n) is 8.60. The molecule has 1 atom stereocenters. The van der Waals surface area contributed by atoms with Crippen LogP contribution in [0.1, 0.15) is 39.6 Å². The van der Waals surface area contributed by atoms with Crippen LogP contribution in [0.3, 0.4) is 0 Å². The molecule has 12 heteroatoms. The van der Waals surface area contributed by atoms with Crippen molar-refractivity contribution in [3.05, 3.63) is 41.7 Å². The molecular weight excluding hydrogens is 380 g/mol. The number of hydrogen-bond donors (Lipinski definition) is 3. The predicted molar refractivity (Wildman–Crippen MR) is 102 cm³/mol. The van der Waals surface area contributed by atoms with Gasteiger partial charge in [0, 0.05) is 20.3 Å². The number of nitrogens with zero attached hydrogens (tertiary/aromatic N) is 6. The number of aromatic carboxylic acids is 1. The average Bonchev–Trinajstić information content (AvgIpc) is 3.37. The number of aryl methyl sites for hydroxylation is 2. The van der Waals surface area contributed by atoms with Crippen molar-refractivity contribution in [2.75, 3.05) is 10.6 Å². The SMILES string of the molecule is Cc1c(NC(=O)c2c(NC(=O)C(C)n3ccc(C(=O)O)n3)cnn2C)cnn1C. The van der Waals surface area contributed by atoms with E-state index in [1.165, 1.54) is 34.0 Å². The fourth-order valence-corrected chi connectivity index (χ4v) is 2.63. The molecule has 0 aromatic carbocycles. The largest absolute Gasteiger partial charge is 0.476 e. The molecule has 3 aromatic heterocycles. The van der Waals surface area contributed by atoms with Crippen LogP contribution in [0.2, 0.25) is 0 Å². The average molecular weight is 400 g/mol. The Hall–Kier alpha value is -3.96. The summed E-state index contributed by atoms with van der Waals surface area (Å²) < 4.78 is 4.20.